The van der Waals surface area contributed by atoms with E-state index in [0.29, 0.717) is 16.8 Å². The van der Waals surface area contributed by atoms with Crippen LogP contribution in [0.5, 0.6) is 0 Å². The van der Waals surface area contributed by atoms with Crippen LogP contribution in [-0.4, -0.2) is 10.9 Å². The zero-order valence-electron chi connectivity index (χ0n) is 12.2. The molecule has 0 spiro atoms. The highest BCUT2D eigenvalue weighted by Crippen LogP contribution is 2.42. The first kappa shape index (κ1) is 13.9. The highest BCUT2D eigenvalue weighted by atomic mass is 35.5. The number of hydrogen-bond acceptors (Lipinski definition) is 2. The molecule has 0 atom stereocenters. The molecular formula is C20H13ClN2. The summed E-state index contributed by atoms with van der Waals surface area (Å²) in [5.74, 6) is 0. The van der Waals surface area contributed by atoms with Crippen LogP contribution < -0.4 is 0 Å². The maximum atomic E-state index is 8.70. The fraction of sp³-hybridized carbons (Fsp3) is 0. The third-order valence-corrected chi connectivity index (χ3v) is 4.43. The minimum atomic E-state index is -0.0431. The maximum Gasteiger partial charge on any atom is 0.128 e. The molecule has 0 fully saturated rings. The van der Waals surface area contributed by atoms with Gasteiger partial charge in [-0.3, -0.25) is 10.8 Å². The minimum absolute atomic E-state index is 0.0431. The zero-order chi connectivity index (χ0) is 16.0. The Bertz CT molecular complexity index is 973. The smallest absolute Gasteiger partial charge is 0.128 e. The second-order valence-corrected chi connectivity index (χ2v) is 5.92. The predicted molar refractivity (Wildman–Crippen MR) is 95.9 cm³/mol. The van der Waals surface area contributed by atoms with Crippen molar-refractivity contribution in [2.75, 3.05) is 0 Å². The topological polar surface area (TPSA) is 47.7 Å². The number of halogens is 1. The van der Waals surface area contributed by atoms with E-state index in [2.05, 4.69) is 24.3 Å². The normalized spacial score (nSPS) is 11.2. The Hall–Kier alpha value is -2.71. The molecule has 3 heteroatoms. The van der Waals surface area contributed by atoms with Crippen molar-refractivity contribution in [3.05, 3.63) is 83.4 Å². The van der Waals surface area contributed by atoms with Crippen molar-refractivity contribution in [2.45, 2.75) is 0 Å². The molecule has 2 nitrogen and oxygen atoms in total. The van der Waals surface area contributed by atoms with E-state index in [4.69, 9.17) is 22.4 Å². The standard InChI is InChI=1S/C20H13ClN2/c21-20(23)16-8-2-1-7-15(16)19(22)17-10-4-9-14-12-5-3-6-13(11-12)18(14)17/h1-11,22-23H. The monoisotopic (exact) mass is 316 g/mol. The van der Waals surface area contributed by atoms with E-state index < -0.39 is 0 Å². The van der Waals surface area contributed by atoms with Crippen LogP contribution in [0.1, 0.15) is 16.7 Å². The minimum Gasteiger partial charge on any atom is -0.300 e. The molecule has 1 aliphatic rings. The van der Waals surface area contributed by atoms with Gasteiger partial charge in [-0.05, 0) is 28.3 Å². The SMILES string of the molecule is N=C(Cl)c1ccccc1C(=N)c1cccc2c1-c1cccc-2c1. The van der Waals surface area contributed by atoms with Gasteiger partial charge in [-0.1, -0.05) is 72.3 Å². The lowest BCUT2D eigenvalue weighted by Gasteiger charge is -2.13. The predicted octanol–water partition coefficient (Wildman–Crippen LogP) is 5.31. The molecule has 0 saturated heterocycles. The quantitative estimate of drug-likeness (QED) is 0.481. The third-order valence-electron chi connectivity index (χ3n) is 4.23. The molecule has 0 amide bonds. The molecule has 0 unspecified atom stereocenters. The van der Waals surface area contributed by atoms with Crippen molar-refractivity contribution in [1.29, 1.82) is 10.8 Å². The van der Waals surface area contributed by atoms with Crippen molar-refractivity contribution in [1.82, 2.24) is 0 Å². The summed E-state index contributed by atoms with van der Waals surface area (Å²) in [7, 11) is 0. The molecule has 0 radical (unpaired) electrons. The number of hydrogen-bond donors (Lipinski definition) is 2. The summed E-state index contributed by atoms with van der Waals surface area (Å²) in [5, 5.41) is 16.4. The summed E-state index contributed by atoms with van der Waals surface area (Å²) in [6.45, 7) is 0. The lowest BCUT2D eigenvalue weighted by molar-refractivity contribution is 1.44. The van der Waals surface area contributed by atoms with Crippen molar-refractivity contribution in [2.24, 2.45) is 0 Å². The molecule has 110 valence electrons. The lowest BCUT2D eigenvalue weighted by atomic mass is 9.91. The van der Waals surface area contributed by atoms with Crippen LogP contribution in [0.4, 0.5) is 0 Å². The lowest BCUT2D eigenvalue weighted by Crippen LogP contribution is -2.08. The average molecular weight is 317 g/mol. The van der Waals surface area contributed by atoms with Gasteiger partial charge in [0.25, 0.3) is 0 Å². The van der Waals surface area contributed by atoms with Crippen LogP contribution in [0.3, 0.4) is 0 Å². The Morgan fingerprint density at radius 3 is 2.13 bits per heavy atom. The first-order chi connectivity index (χ1) is 11.2. The van der Waals surface area contributed by atoms with E-state index >= 15 is 0 Å². The number of rotatable bonds is 3. The van der Waals surface area contributed by atoms with Gasteiger partial charge in [0.05, 0.1) is 5.71 Å². The summed E-state index contributed by atoms with van der Waals surface area (Å²) in [6, 6.07) is 21.7. The summed E-state index contributed by atoms with van der Waals surface area (Å²) < 4.78 is 0. The van der Waals surface area contributed by atoms with Gasteiger partial charge in [0, 0.05) is 16.7 Å². The summed E-state index contributed by atoms with van der Waals surface area (Å²) in [6.07, 6.45) is 0. The Kier molecular flexibility index (Phi) is 3.14. The van der Waals surface area contributed by atoms with Crippen molar-refractivity contribution in [3.63, 3.8) is 0 Å². The molecule has 0 aromatic heterocycles. The molecule has 2 N–H and O–H groups in total. The molecule has 3 aromatic carbocycles. The van der Waals surface area contributed by atoms with Gasteiger partial charge in [-0.2, -0.15) is 0 Å². The first-order valence-corrected chi connectivity index (χ1v) is 7.71. The Morgan fingerprint density at radius 2 is 1.35 bits per heavy atom. The first-order valence-electron chi connectivity index (χ1n) is 7.33. The van der Waals surface area contributed by atoms with Gasteiger partial charge in [-0.15, -0.1) is 0 Å². The average Bonchev–Trinajstić information content (AvgIpc) is 2.84. The molecule has 2 bridgehead atoms. The highest BCUT2D eigenvalue weighted by Gasteiger charge is 2.22. The van der Waals surface area contributed by atoms with Gasteiger partial charge < -0.3 is 0 Å². The van der Waals surface area contributed by atoms with Crippen LogP contribution >= 0.6 is 11.6 Å². The van der Waals surface area contributed by atoms with Crippen LogP contribution in [-0.2, 0) is 0 Å². The number of nitrogens with one attached hydrogen (secondary N) is 2. The van der Waals surface area contributed by atoms with Crippen LogP contribution in [0.15, 0.2) is 66.7 Å². The maximum absolute atomic E-state index is 8.70. The molecule has 0 heterocycles. The highest BCUT2D eigenvalue weighted by molar-refractivity contribution is 6.69. The third kappa shape index (κ3) is 2.11. The summed E-state index contributed by atoms with van der Waals surface area (Å²) in [5.41, 5.74) is 7.10. The van der Waals surface area contributed by atoms with E-state index in [1.165, 1.54) is 5.56 Å². The van der Waals surface area contributed by atoms with Gasteiger partial charge in [0.15, 0.2) is 0 Å². The van der Waals surface area contributed by atoms with Gasteiger partial charge in [0.1, 0.15) is 5.17 Å². The van der Waals surface area contributed by atoms with Gasteiger partial charge in [-0.25, -0.2) is 0 Å². The second-order valence-electron chi connectivity index (χ2n) is 5.54. The molecule has 0 aliphatic heterocycles. The number of benzene rings is 3. The van der Waals surface area contributed by atoms with E-state index in [9.17, 15) is 0 Å². The summed E-state index contributed by atoms with van der Waals surface area (Å²) in [4.78, 5) is 0. The van der Waals surface area contributed by atoms with Crippen molar-refractivity contribution < 1.29 is 0 Å². The number of fused-ring (bicyclic) bond motifs is 5. The largest absolute Gasteiger partial charge is 0.300 e. The molecule has 23 heavy (non-hydrogen) atoms. The van der Waals surface area contributed by atoms with Gasteiger partial charge in [0.2, 0.25) is 0 Å². The molecule has 0 saturated carbocycles. The van der Waals surface area contributed by atoms with E-state index in [1.54, 1.807) is 6.07 Å². The molecule has 3 aromatic rings. The molecular weight excluding hydrogens is 304 g/mol. The fourth-order valence-electron chi connectivity index (χ4n) is 3.19. The van der Waals surface area contributed by atoms with E-state index in [0.717, 1.165) is 22.3 Å². The van der Waals surface area contributed by atoms with Crippen LogP contribution in [0.25, 0.3) is 22.3 Å². The Morgan fingerprint density at radius 1 is 0.696 bits per heavy atom. The Balaban J connectivity index is 1.92. The molecule has 4 rings (SSSR count). The second kappa shape index (κ2) is 5.18. The Labute approximate surface area is 139 Å². The van der Waals surface area contributed by atoms with Crippen molar-refractivity contribution in [3.8, 4) is 22.3 Å². The van der Waals surface area contributed by atoms with E-state index in [-0.39, 0.29) is 5.17 Å². The van der Waals surface area contributed by atoms with Crippen LogP contribution in [0, 0.1) is 10.8 Å². The van der Waals surface area contributed by atoms with Crippen molar-refractivity contribution >= 4 is 22.5 Å². The fourth-order valence-corrected chi connectivity index (χ4v) is 3.36. The molecule has 1 aliphatic carbocycles. The van der Waals surface area contributed by atoms with E-state index in [1.807, 2.05) is 36.4 Å². The zero-order valence-corrected chi connectivity index (χ0v) is 13.0. The van der Waals surface area contributed by atoms with Crippen LogP contribution in [0.2, 0.25) is 0 Å². The van der Waals surface area contributed by atoms with Gasteiger partial charge >= 0.3 is 0 Å². The summed E-state index contributed by atoms with van der Waals surface area (Å²) >= 11 is 5.90.